The highest BCUT2D eigenvalue weighted by molar-refractivity contribution is 7.91. The number of nitrogens with one attached hydrogen (secondary N) is 1. The van der Waals surface area contributed by atoms with Gasteiger partial charge in [0.25, 0.3) is 5.91 Å². The number of hydrogen-bond donors (Lipinski definition) is 1. The number of carbonyl (C=O) groups is 1. The third-order valence-electron chi connectivity index (χ3n) is 2.93. The molecule has 2 heterocycles. The van der Waals surface area contributed by atoms with Crippen LogP contribution in [0.25, 0.3) is 0 Å². The Bertz CT molecular complexity index is 568. The van der Waals surface area contributed by atoms with Crippen LogP contribution in [-0.2, 0) is 9.84 Å². The average Bonchev–Trinajstić information content (AvgIpc) is 2.53. The van der Waals surface area contributed by atoms with Crippen molar-refractivity contribution in [3.63, 3.8) is 0 Å². The van der Waals surface area contributed by atoms with Crippen LogP contribution in [-0.4, -0.2) is 41.3 Å². The van der Waals surface area contributed by atoms with Crippen molar-refractivity contribution in [3.05, 3.63) is 23.8 Å². The highest BCUT2D eigenvalue weighted by atomic mass is 32.2. The Morgan fingerprint density at radius 2 is 2.11 bits per heavy atom. The van der Waals surface area contributed by atoms with Crippen LogP contribution in [0.15, 0.2) is 12.4 Å². The molecule has 0 saturated carbocycles. The second-order valence-electron chi connectivity index (χ2n) is 4.90. The molecule has 18 heavy (non-hydrogen) atoms. The van der Waals surface area contributed by atoms with Crippen LogP contribution in [0.4, 0.5) is 0 Å². The van der Waals surface area contributed by atoms with Gasteiger partial charge in [0.15, 0.2) is 9.84 Å². The Morgan fingerprint density at radius 3 is 2.61 bits per heavy atom. The number of aryl methyl sites for hydroxylation is 1. The van der Waals surface area contributed by atoms with Crippen LogP contribution >= 0.6 is 0 Å². The highest BCUT2D eigenvalue weighted by Gasteiger charge is 2.39. The number of amides is 1. The molecule has 1 atom stereocenters. The van der Waals surface area contributed by atoms with Gasteiger partial charge < -0.3 is 5.32 Å². The van der Waals surface area contributed by atoms with E-state index in [2.05, 4.69) is 15.3 Å². The van der Waals surface area contributed by atoms with Gasteiger partial charge in [0.05, 0.1) is 28.9 Å². The first-order chi connectivity index (χ1) is 8.30. The van der Waals surface area contributed by atoms with Gasteiger partial charge in [-0.05, 0) is 20.3 Å². The maximum absolute atomic E-state index is 11.9. The van der Waals surface area contributed by atoms with Crippen LogP contribution in [0.5, 0.6) is 0 Å². The molecule has 1 aliphatic rings. The van der Waals surface area contributed by atoms with E-state index in [9.17, 15) is 13.2 Å². The standard InChI is InChI=1S/C11H15N3O3S/c1-8-5-13-9(6-12-8)10(15)14-11(2)3-4-18(16,17)7-11/h5-6H,3-4,7H2,1-2H3,(H,14,15)/t11-/m1/s1. The molecule has 1 fully saturated rings. The number of carbonyl (C=O) groups excluding carboxylic acids is 1. The fourth-order valence-electron chi connectivity index (χ4n) is 1.96. The molecular weight excluding hydrogens is 254 g/mol. The molecule has 2 rings (SSSR count). The summed E-state index contributed by atoms with van der Waals surface area (Å²) in [6.45, 7) is 3.51. The number of hydrogen-bond acceptors (Lipinski definition) is 5. The predicted octanol–water partition coefficient (Wildman–Crippen LogP) is 0.0920. The van der Waals surface area contributed by atoms with Crippen LogP contribution < -0.4 is 5.32 Å². The summed E-state index contributed by atoms with van der Waals surface area (Å²) in [7, 11) is -3.04. The quantitative estimate of drug-likeness (QED) is 0.822. The van der Waals surface area contributed by atoms with Crippen molar-refractivity contribution in [2.24, 2.45) is 0 Å². The Morgan fingerprint density at radius 1 is 1.39 bits per heavy atom. The van der Waals surface area contributed by atoms with Gasteiger partial charge in [0.1, 0.15) is 5.69 Å². The maximum atomic E-state index is 11.9. The van der Waals surface area contributed by atoms with Crippen molar-refractivity contribution in [1.82, 2.24) is 15.3 Å². The first-order valence-electron chi connectivity index (χ1n) is 5.61. The lowest BCUT2D eigenvalue weighted by Gasteiger charge is -2.23. The summed E-state index contributed by atoms with van der Waals surface area (Å²) < 4.78 is 22.9. The summed E-state index contributed by atoms with van der Waals surface area (Å²) in [6, 6.07) is 0. The van der Waals surface area contributed by atoms with Gasteiger partial charge in [0, 0.05) is 6.20 Å². The topological polar surface area (TPSA) is 89.0 Å². The summed E-state index contributed by atoms with van der Waals surface area (Å²) in [5, 5.41) is 2.73. The number of nitrogens with zero attached hydrogens (tertiary/aromatic N) is 2. The third-order valence-corrected chi connectivity index (χ3v) is 4.84. The summed E-state index contributed by atoms with van der Waals surface area (Å²) in [4.78, 5) is 19.9. The van der Waals surface area contributed by atoms with Gasteiger partial charge in [0.2, 0.25) is 0 Å². The molecule has 1 saturated heterocycles. The smallest absolute Gasteiger partial charge is 0.271 e. The molecule has 0 aliphatic carbocycles. The van der Waals surface area contributed by atoms with E-state index < -0.39 is 15.4 Å². The van der Waals surface area contributed by atoms with E-state index in [4.69, 9.17) is 0 Å². The lowest BCUT2D eigenvalue weighted by Crippen LogP contribution is -2.47. The maximum Gasteiger partial charge on any atom is 0.271 e. The summed E-state index contributed by atoms with van der Waals surface area (Å²) >= 11 is 0. The molecule has 1 N–H and O–H groups in total. The summed E-state index contributed by atoms with van der Waals surface area (Å²) in [6.07, 6.45) is 3.32. The molecule has 1 aromatic rings. The van der Waals surface area contributed by atoms with Gasteiger partial charge in [-0.25, -0.2) is 13.4 Å². The second kappa shape index (κ2) is 4.31. The molecule has 6 nitrogen and oxygen atoms in total. The summed E-state index contributed by atoms with van der Waals surface area (Å²) in [5.41, 5.74) is 0.218. The van der Waals surface area contributed by atoms with Crippen molar-refractivity contribution >= 4 is 15.7 Å². The normalized spacial score (nSPS) is 25.9. The molecule has 1 aliphatic heterocycles. The lowest BCUT2D eigenvalue weighted by molar-refractivity contribution is 0.0910. The van der Waals surface area contributed by atoms with Crippen LogP contribution in [0.3, 0.4) is 0 Å². The fourth-order valence-corrected chi connectivity index (χ4v) is 4.05. The van der Waals surface area contributed by atoms with E-state index in [1.54, 1.807) is 13.8 Å². The second-order valence-corrected chi connectivity index (χ2v) is 7.08. The molecule has 7 heteroatoms. The van der Waals surface area contributed by atoms with E-state index in [-0.39, 0.29) is 23.1 Å². The minimum atomic E-state index is -3.04. The van der Waals surface area contributed by atoms with Crippen molar-refractivity contribution in [2.45, 2.75) is 25.8 Å². The van der Waals surface area contributed by atoms with Gasteiger partial charge >= 0.3 is 0 Å². The molecule has 0 bridgehead atoms. The summed E-state index contributed by atoms with van der Waals surface area (Å²) in [5.74, 6) is -0.295. The minimum Gasteiger partial charge on any atom is -0.344 e. The van der Waals surface area contributed by atoms with Crippen molar-refractivity contribution in [2.75, 3.05) is 11.5 Å². The zero-order valence-corrected chi connectivity index (χ0v) is 11.1. The van der Waals surface area contributed by atoms with Gasteiger partial charge in [-0.15, -0.1) is 0 Å². The Kier molecular flexibility index (Phi) is 3.10. The van der Waals surface area contributed by atoms with E-state index in [1.807, 2.05) is 0 Å². The first-order valence-corrected chi connectivity index (χ1v) is 7.43. The first kappa shape index (κ1) is 12.9. The van der Waals surface area contributed by atoms with Gasteiger partial charge in [-0.1, -0.05) is 0 Å². The van der Waals surface area contributed by atoms with Crippen LogP contribution in [0.2, 0.25) is 0 Å². The van der Waals surface area contributed by atoms with Crippen LogP contribution in [0, 0.1) is 6.92 Å². The Hall–Kier alpha value is -1.50. The van der Waals surface area contributed by atoms with Gasteiger partial charge in [-0.3, -0.25) is 9.78 Å². The molecule has 1 amide bonds. The largest absolute Gasteiger partial charge is 0.344 e. The monoisotopic (exact) mass is 269 g/mol. The van der Waals surface area contributed by atoms with Crippen LogP contribution in [0.1, 0.15) is 29.5 Å². The van der Waals surface area contributed by atoms with E-state index in [0.717, 1.165) is 5.69 Å². The van der Waals surface area contributed by atoms with E-state index in [1.165, 1.54) is 12.4 Å². The van der Waals surface area contributed by atoms with Gasteiger partial charge in [-0.2, -0.15) is 0 Å². The Balaban J connectivity index is 2.10. The molecule has 98 valence electrons. The molecule has 0 aromatic carbocycles. The molecule has 0 radical (unpaired) electrons. The lowest BCUT2D eigenvalue weighted by atomic mass is 10.0. The zero-order chi connectivity index (χ0) is 13.4. The molecular formula is C11H15N3O3S. The minimum absolute atomic E-state index is 0.0228. The molecule has 0 spiro atoms. The SMILES string of the molecule is Cc1cnc(C(=O)N[C@]2(C)CCS(=O)(=O)C2)cn1. The number of sulfone groups is 1. The fraction of sp³-hybridized carbons (Fsp3) is 0.545. The van der Waals surface area contributed by atoms with Crippen molar-refractivity contribution in [3.8, 4) is 0 Å². The Labute approximate surface area is 106 Å². The molecule has 0 unspecified atom stereocenters. The van der Waals surface area contributed by atoms with E-state index >= 15 is 0 Å². The zero-order valence-electron chi connectivity index (χ0n) is 10.3. The average molecular weight is 269 g/mol. The van der Waals surface area contributed by atoms with Crippen molar-refractivity contribution < 1.29 is 13.2 Å². The van der Waals surface area contributed by atoms with E-state index in [0.29, 0.717) is 6.42 Å². The van der Waals surface area contributed by atoms with Crippen molar-refractivity contribution in [1.29, 1.82) is 0 Å². The number of rotatable bonds is 2. The molecule has 1 aromatic heterocycles. The third kappa shape index (κ3) is 2.84. The highest BCUT2D eigenvalue weighted by Crippen LogP contribution is 2.23. The predicted molar refractivity (Wildman–Crippen MR) is 65.9 cm³/mol. The number of aromatic nitrogens is 2.